The molecule has 0 bridgehead atoms. The highest BCUT2D eigenvalue weighted by molar-refractivity contribution is 5.95. The van der Waals surface area contributed by atoms with Gasteiger partial charge in [-0.05, 0) is 43.9 Å². The first kappa shape index (κ1) is 14.0. The van der Waals surface area contributed by atoms with Crippen LogP contribution in [0.15, 0.2) is 30.9 Å². The minimum absolute atomic E-state index is 0.0625. The van der Waals surface area contributed by atoms with Crippen molar-refractivity contribution in [1.29, 1.82) is 0 Å². The van der Waals surface area contributed by atoms with Gasteiger partial charge in [0, 0.05) is 11.6 Å². The Bertz CT molecular complexity index is 693. The molecule has 0 spiro atoms. The normalized spacial score (nSPS) is 22.8. The van der Waals surface area contributed by atoms with Crippen molar-refractivity contribution in [2.24, 2.45) is 0 Å². The Kier molecular flexibility index (Phi) is 3.61. The smallest absolute Gasteiger partial charge is 0.251 e. The second-order valence-corrected chi connectivity index (χ2v) is 5.92. The van der Waals surface area contributed by atoms with E-state index in [-0.39, 0.29) is 18.7 Å². The number of hydrogen-bond donors (Lipinski definition) is 1. The lowest BCUT2D eigenvalue weighted by Gasteiger charge is -2.29. The lowest BCUT2D eigenvalue weighted by molar-refractivity contribution is 0.0921. The average Bonchev–Trinajstić information content (AvgIpc) is 3.26. The zero-order valence-electron chi connectivity index (χ0n) is 12.6. The third kappa shape index (κ3) is 2.86. The molecule has 1 aromatic carbocycles. The lowest BCUT2D eigenvalue weighted by atomic mass is 9.91. The Hall–Kier alpha value is -2.57. The predicted octanol–water partition coefficient (Wildman–Crippen LogP) is 1.92. The summed E-state index contributed by atoms with van der Waals surface area (Å²) in [7, 11) is 0. The Morgan fingerprint density at radius 2 is 2.00 bits per heavy atom. The molecule has 7 nitrogen and oxygen atoms in total. The summed E-state index contributed by atoms with van der Waals surface area (Å²) in [5.74, 6) is 1.26. The van der Waals surface area contributed by atoms with Crippen molar-refractivity contribution < 1.29 is 14.3 Å². The molecule has 0 radical (unpaired) electrons. The predicted molar refractivity (Wildman–Crippen MR) is 81.3 cm³/mol. The monoisotopic (exact) mass is 314 g/mol. The number of ether oxygens (including phenoxy) is 2. The van der Waals surface area contributed by atoms with Crippen LogP contribution in [0.4, 0.5) is 0 Å². The number of benzene rings is 1. The van der Waals surface area contributed by atoms with E-state index >= 15 is 0 Å². The van der Waals surface area contributed by atoms with Crippen molar-refractivity contribution in [2.75, 3.05) is 6.79 Å². The highest BCUT2D eigenvalue weighted by Crippen LogP contribution is 2.33. The van der Waals surface area contributed by atoms with E-state index in [1.54, 1.807) is 30.9 Å². The molecule has 23 heavy (non-hydrogen) atoms. The van der Waals surface area contributed by atoms with Crippen LogP contribution < -0.4 is 14.8 Å². The van der Waals surface area contributed by atoms with E-state index in [4.69, 9.17) is 9.47 Å². The van der Waals surface area contributed by atoms with Crippen LogP contribution in [0, 0.1) is 0 Å². The van der Waals surface area contributed by atoms with Gasteiger partial charge >= 0.3 is 0 Å². The molecule has 1 fully saturated rings. The van der Waals surface area contributed by atoms with Gasteiger partial charge in [0.25, 0.3) is 5.91 Å². The van der Waals surface area contributed by atoms with Crippen LogP contribution in [-0.4, -0.2) is 33.5 Å². The van der Waals surface area contributed by atoms with Crippen molar-refractivity contribution >= 4 is 5.91 Å². The Morgan fingerprint density at radius 1 is 1.17 bits per heavy atom. The van der Waals surface area contributed by atoms with Crippen molar-refractivity contribution in [3.63, 3.8) is 0 Å². The fourth-order valence-corrected chi connectivity index (χ4v) is 3.20. The van der Waals surface area contributed by atoms with Crippen LogP contribution in [0.2, 0.25) is 0 Å². The first-order valence-corrected chi connectivity index (χ1v) is 7.84. The van der Waals surface area contributed by atoms with Gasteiger partial charge in [-0.25, -0.2) is 9.67 Å². The van der Waals surface area contributed by atoms with Crippen molar-refractivity contribution in [1.82, 2.24) is 20.1 Å². The number of carbonyl (C=O) groups is 1. The van der Waals surface area contributed by atoms with Crippen LogP contribution in [0.25, 0.3) is 0 Å². The van der Waals surface area contributed by atoms with Gasteiger partial charge in [0.2, 0.25) is 6.79 Å². The van der Waals surface area contributed by atoms with Crippen LogP contribution in [-0.2, 0) is 0 Å². The summed E-state index contributed by atoms with van der Waals surface area (Å²) in [6.45, 7) is 0.215. The summed E-state index contributed by atoms with van der Waals surface area (Å²) >= 11 is 0. The SMILES string of the molecule is O=C(NC1CCC(n2cncn2)CC1)c1ccc2c(c1)OCO2. The molecule has 1 saturated carbocycles. The zero-order chi connectivity index (χ0) is 15.6. The average molecular weight is 314 g/mol. The zero-order valence-corrected chi connectivity index (χ0v) is 12.6. The highest BCUT2D eigenvalue weighted by atomic mass is 16.7. The van der Waals surface area contributed by atoms with Gasteiger partial charge in [0.1, 0.15) is 12.7 Å². The summed E-state index contributed by atoms with van der Waals surface area (Å²) in [5, 5.41) is 7.31. The number of amides is 1. The fourth-order valence-electron chi connectivity index (χ4n) is 3.20. The maximum absolute atomic E-state index is 12.4. The molecule has 1 aliphatic carbocycles. The molecular weight excluding hydrogens is 296 g/mol. The molecule has 1 aliphatic heterocycles. The van der Waals surface area contributed by atoms with Crippen LogP contribution in [0.3, 0.4) is 0 Å². The van der Waals surface area contributed by atoms with Gasteiger partial charge in [-0.1, -0.05) is 0 Å². The Balaban J connectivity index is 1.35. The highest BCUT2D eigenvalue weighted by Gasteiger charge is 2.25. The summed E-state index contributed by atoms with van der Waals surface area (Å²) < 4.78 is 12.5. The maximum atomic E-state index is 12.4. The summed E-state index contributed by atoms with van der Waals surface area (Å²) in [6.07, 6.45) is 7.20. The number of nitrogens with zero attached hydrogens (tertiary/aromatic N) is 3. The van der Waals surface area contributed by atoms with E-state index in [0.29, 0.717) is 23.1 Å². The first-order valence-electron chi connectivity index (χ1n) is 7.84. The summed E-state index contributed by atoms with van der Waals surface area (Å²) in [4.78, 5) is 16.4. The van der Waals surface area contributed by atoms with Gasteiger partial charge in [0.15, 0.2) is 11.5 Å². The van der Waals surface area contributed by atoms with E-state index in [9.17, 15) is 4.79 Å². The second-order valence-electron chi connectivity index (χ2n) is 5.92. The van der Waals surface area contributed by atoms with E-state index in [2.05, 4.69) is 15.4 Å². The third-order valence-corrected chi connectivity index (χ3v) is 4.48. The minimum atomic E-state index is -0.0625. The molecule has 4 rings (SSSR count). The largest absolute Gasteiger partial charge is 0.454 e. The third-order valence-electron chi connectivity index (χ3n) is 4.48. The standard InChI is InChI=1S/C16H18N4O3/c21-16(11-1-6-14-15(7-11)23-10-22-14)19-12-2-4-13(5-3-12)20-9-17-8-18-20/h1,6-9,12-13H,2-5,10H2,(H,19,21). The second kappa shape index (κ2) is 5.91. The molecule has 0 atom stereocenters. The van der Waals surface area contributed by atoms with E-state index in [0.717, 1.165) is 25.7 Å². The molecule has 1 aromatic heterocycles. The summed E-state index contributed by atoms with van der Waals surface area (Å²) in [5.41, 5.74) is 0.604. The topological polar surface area (TPSA) is 78.3 Å². The number of hydrogen-bond acceptors (Lipinski definition) is 5. The molecule has 120 valence electrons. The van der Waals surface area contributed by atoms with Crippen molar-refractivity contribution in [3.8, 4) is 11.5 Å². The molecule has 1 amide bonds. The molecule has 2 aromatic rings. The molecule has 7 heteroatoms. The lowest BCUT2D eigenvalue weighted by Crippen LogP contribution is -2.38. The molecule has 2 heterocycles. The van der Waals surface area contributed by atoms with E-state index in [1.807, 2.05) is 4.68 Å². The van der Waals surface area contributed by atoms with Gasteiger partial charge in [0.05, 0.1) is 6.04 Å². The van der Waals surface area contributed by atoms with Gasteiger partial charge < -0.3 is 14.8 Å². The van der Waals surface area contributed by atoms with Crippen molar-refractivity contribution in [2.45, 2.75) is 37.8 Å². The minimum Gasteiger partial charge on any atom is -0.454 e. The number of nitrogens with one attached hydrogen (secondary N) is 1. The van der Waals surface area contributed by atoms with E-state index in [1.165, 1.54) is 0 Å². The number of fused-ring (bicyclic) bond motifs is 1. The van der Waals surface area contributed by atoms with Crippen LogP contribution in [0.1, 0.15) is 42.1 Å². The van der Waals surface area contributed by atoms with Gasteiger partial charge in [-0.15, -0.1) is 0 Å². The molecule has 0 unspecified atom stereocenters. The van der Waals surface area contributed by atoms with Gasteiger partial charge in [-0.2, -0.15) is 5.10 Å². The van der Waals surface area contributed by atoms with Crippen LogP contribution in [0.5, 0.6) is 11.5 Å². The number of aromatic nitrogens is 3. The summed E-state index contributed by atoms with van der Waals surface area (Å²) in [6, 6.07) is 5.87. The number of carbonyl (C=O) groups excluding carboxylic acids is 1. The van der Waals surface area contributed by atoms with E-state index < -0.39 is 0 Å². The molecule has 0 saturated heterocycles. The van der Waals surface area contributed by atoms with Crippen LogP contribution >= 0.6 is 0 Å². The maximum Gasteiger partial charge on any atom is 0.251 e. The Labute approximate surface area is 133 Å². The molecule has 2 aliphatic rings. The number of rotatable bonds is 3. The quantitative estimate of drug-likeness (QED) is 0.936. The first-order chi connectivity index (χ1) is 11.3. The van der Waals surface area contributed by atoms with Gasteiger partial charge in [-0.3, -0.25) is 4.79 Å². The fraction of sp³-hybridized carbons (Fsp3) is 0.438. The molecule has 1 N–H and O–H groups in total. The van der Waals surface area contributed by atoms with Crippen molar-refractivity contribution in [3.05, 3.63) is 36.4 Å². The Morgan fingerprint density at radius 3 is 2.78 bits per heavy atom. The molecular formula is C16H18N4O3.